The Morgan fingerprint density at radius 3 is 2.59 bits per heavy atom. The Hall–Kier alpha value is -0.570. The van der Waals surface area contributed by atoms with Gasteiger partial charge in [-0.15, -0.1) is 0 Å². The molecule has 0 saturated heterocycles. The first kappa shape index (κ1) is 14.5. The van der Waals surface area contributed by atoms with Crippen LogP contribution in [0.3, 0.4) is 0 Å². The fourth-order valence-electron chi connectivity index (χ4n) is 2.11. The van der Waals surface area contributed by atoms with Crippen molar-refractivity contribution in [1.82, 2.24) is 0 Å². The highest BCUT2D eigenvalue weighted by Gasteiger charge is 2.15. The molecule has 1 aromatic rings. The third-order valence-electron chi connectivity index (χ3n) is 3.36. The molecule has 0 bridgehead atoms. The molecule has 0 aliphatic rings. The zero-order valence-electron chi connectivity index (χ0n) is 10.6. The largest absolute Gasteiger partial charge is 0.396 e. The predicted molar refractivity (Wildman–Crippen MR) is 73.5 cm³/mol. The lowest BCUT2D eigenvalue weighted by atomic mass is 9.86. The number of aliphatic hydroxyl groups excluding tert-OH is 1. The van der Waals surface area contributed by atoms with E-state index in [9.17, 15) is 5.11 Å². The van der Waals surface area contributed by atoms with Crippen LogP contribution in [0.5, 0.6) is 0 Å². The molecular weight excluding hydrogens is 234 g/mol. The van der Waals surface area contributed by atoms with Crippen molar-refractivity contribution in [3.8, 4) is 0 Å². The van der Waals surface area contributed by atoms with Crippen LogP contribution in [0.2, 0.25) is 5.02 Å². The molecule has 0 heterocycles. The van der Waals surface area contributed by atoms with Gasteiger partial charge in [-0.25, -0.2) is 0 Å². The molecule has 17 heavy (non-hydrogen) atoms. The van der Waals surface area contributed by atoms with Gasteiger partial charge < -0.3 is 10.8 Å². The summed E-state index contributed by atoms with van der Waals surface area (Å²) in [7, 11) is 0. The number of nitrogens with two attached hydrogens (primary N) is 1. The van der Waals surface area contributed by atoms with E-state index in [2.05, 4.69) is 19.1 Å². The van der Waals surface area contributed by atoms with Gasteiger partial charge in [0.25, 0.3) is 0 Å². The van der Waals surface area contributed by atoms with Crippen molar-refractivity contribution in [2.45, 2.75) is 32.6 Å². The summed E-state index contributed by atoms with van der Waals surface area (Å²) in [5, 5.41) is 10.0. The maximum absolute atomic E-state index is 9.21. The summed E-state index contributed by atoms with van der Waals surface area (Å²) in [4.78, 5) is 0. The van der Waals surface area contributed by atoms with Gasteiger partial charge in [-0.3, -0.25) is 0 Å². The SMILES string of the molecule is CCC(CC(CN)CO)c1ccc(Cl)c(C)c1. The van der Waals surface area contributed by atoms with Crippen LogP contribution in [0, 0.1) is 12.8 Å². The van der Waals surface area contributed by atoms with Crippen LogP contribution < -0.4 is 5.73 Å². The van der Waals surface area contributed by atoms with E-state index >= 15 is 0 Å². The van der Waals surface area contributed by atoms with E-state index in [4.69, 9.17) is 17.3 Å². The summed E-state index contributed by atoms with van der Waals surface area (Å²) in [6.45, 7) is 4.89. The summed E-state index contributed by atoms with van der Waals surface area (Å²) in [6, 6.07) is 6.17. The number of benzene rings is 1. The van der Waals surface area contributed by atoms with E-state index in [1.165, 1.54) is 5.56 Å². The lowest BCUT2D eigenvalue weighted by Gasteiger charge is -2.21. The Morgan fingerprint density at radius 1 is 1.41 bits per heavy atom. The number of aryl methyl sites for hydroxylation is 1. The van der Waals surface area contributed by atoms with Crippen LogP contribution >= 0.6 is 11.6 Å². The molecule has 96 valence electrons. The number of hydrogen-bond donors (Lipinski definition) is 2. The quantitative estimate of drug-likeness (QED) is 0.821. The minimum Gasteiger partial charge on any atom is -0.396 e. The van der Waals surface area contributed by atoms with Crippen LogP contribution in [0.25, 0.3) is 0 Å². The van der Waals surface area contributed by atoms with E-state index < -0.39 is 0 Å². The highest BCUT2D eigenvalue weighted by molar-refractivity contribution is 6.31. The Balaban J connectivity index is 2.82. The lowest BCUT2D eigenvalue weighted by Crippen LogP contribution is -2.20. The second-order valence-corrected chi connectivity index (χ2v) is 5.04. The monoisotopic (exact) mass is 255 g/mol. The van der Waals surface area contributed by atoms with E-state index in [0.29, 0.717) is 12.5 Å². The summed E-state index contributed by atoms with van der Waals surface area (Å²) >= 11 is 6.03. The second-order valence-electron chi connectivity index (χ2n) is 4.63. The molecule has 0 aromatic heterocycles. The van der Waals surface area contributed by atoms with Crippen LogP contribution in [0.1, 0.15) is 36.8 Å². The summed E-state index contributed by atoms with van der Waals surface area (Å²) < 4.78 is 0. The Morgan fingerprint density at radius 2 is 2.12 bits per heavy atom. The molecule has 3 N–H and O–H groups in total. The first-order chi connectivity index (χ1) is 8.12. The molecule has 1 aromatic carbocycles. The zero-order valence-corrected chi connectivity index (χ0v) is 11.4. The molecule has 0 spiro atoms. The van der Waals surface area contributed by atoms with Crippen LogP contribution in [-0.4, -0.2) is 18.3 Å². The molecule has 0 fully saturated rings. The average Bonchev–Trinajstić information content (AvgIpc) is 2.35. The Kier molecular flexibility index (Phi) is 5.96. The van der Waals surface area contributed by atoms with Crippen molar-refractivity contribution in [3.05, 3.63) is 34.3 Å². The predicted octanol–water partition coefficient (Wildman–Crippen LogP) is 3.10. The normalized spacial score (nSPS) is 14.6. The third-order valence-corrected chi connectivity index (χ3v) is 3.78. The highest BCUT2D eigenvalue weighted by atomic mass is 35.5. The Labute approximate surface area is 109 Å². The number of halogens is 1. The molecule has 2 atom stereocenters. The van der Waals surface area contributed by atoms with Crippen LogP contribution in [-0.2, 0) is 0 Å². The molecule has 1 rings (SSSR count). The fourth-order valence-corrected chi connectivity index (χ4v) is 2.23. The van der Waals surface area contributed by atoms with Gasteiger partial charge in [0.1, 0.15) is 0 Å². The minimum atomic E-state index is 0.166. The van der Waals surface area contributed by atoms with E-state index in [0.717, 1.165) is 23.4 Å². The number of hydrogen-bond acceptors (Lipinski definition) is 2. The number of aliphatic hydroxyl groups is 1. The maximum atomic E-state index is 9.21. The van der Waals surface area contributed by atoms with E-state index in [1.807, 2.05) is 13.0 Å². The van der Waals surface area contributed by atoms with Gasteiger partial charge in [0.2, 0.25) is 0 Å². The van der Waals surface area contributed by atoms with Crippen molar-refractivity contribution in [2.75, 3.05) is 13.2 Å². The summed E-state index contributed by atoms with van der Waals surface area (Å²) in [5.41, 5.74) is 8.04. The average molecular weight is 256 g/mol. The molecule has 0 aliphatic carbocycles. The van der Waals surface area contributed by atoms with Gasteiger partial charge in [0.15, 0.2) is 0 Å². The summed E-state index contributed by atoms with van der Waals surface area (Å²) in [6.07, 6.45) is 1.99. The molecule has 3 heteroatoms. The molecule has 0 amide bonds. The maximum Gasteiger partial charge on any atom is 0.0471 e. The zero-order chi connectivity index (χ0) is 12.8. The fraction of sp³-hybridized carbons (Fsp3) is 0.571. The van der Waals surface area contributed by atoms with Crippen molar-refractivity contribution in [3.63, 3.8) is 0 Å². The molecule has 2 unspecified atom stereocenters. The molecular formula is C14H22ClNO. The topological polar surface area (TPSA) is 46.2 Å². The molecule has 2 nitrogen and oxygen atoms in total. The molecule has 0 aliphatic heterocycles. The van der Waals surface area contributed by atoms with Gasteiger partial charge in [0.05, 0.1) is 0 Å². The van der Waals surface area contributed by atoms with Crippen molar-refractivity contribution in [1.29, 1.82) is 0 Å². The highest BCUT2D eigenvalue weighted by Crippen LogP contribution is 2.29. The lowest BCUT2D eigenvalue weighted by molar-refractivity contribution is 0.214. The van der Waals surface area contributed by atoms with Crippen molar-refractivity contribution >= 4 is 11.6 Å². The smallest absolute Gasteiger partial charge is 0.0471 e. The van der Waals surface area contributed by atoms with E-state index in [1.54, 1.807) is 0 Å². The van der Waals surface area contributed by atoms with Gasteiger partial charge in [0, 0.05) is 11.6 Å². The van der Waals surface area contributed by atoms with E-state index in [-0.39, 0.29) is 12.5 Å². The van der Waals surface area contributed by atoms with Crippen molar-refractivity contribution < 1.29 is 5.11 Å². The van der Waals surface area contributed by atoms with Crippen molar-refractivity contribution in [2.24, 2.45) is 11.7 Å². The van der Waals surface area contributed by atoms with Gasteiger partial charge in [-0.2, -0.15) is 0 Å². The standard InChI is InChI=1S/C14H22ClNO/c1-3-12(7-11(8-16)9-17)13-4-5-14(15)10(2)6-13/h4-6,11-12,17H,3,7-9,16H2,1-2H3. The van der Waals surface area contributed by atoms with Gasteiger partial charge in [-0.1, -0.05) is 30.7 Å². The molecule has 0 radical (unpaired) electrons. The summed E-state index contributed by atoms with van der Waals surface area (Å²) in [5.74, 6) is 0.641. The first-order valence-corrected chi connectivity index (χ1v) is 6.57. The van der Waals surface area contributed by atoms with Crippen LogP contribution in [0.15, 0.2) is 18.2 Å². The van der Waals surface area contributed by atoms with Gasteiger partial charge in [-0.05, 0) is 55.3 Å². The second kappa shape index (κ2) is 7.00. The Bertz CT molecular complexity index is 350. The minimum absolute atomic E-state index is 0.166. The number of rotatable bonds is 6. The third kappa shape index (κ3) is 3.98. The first-order valence-electron chi connectivity index (χ1n) is 6.19. The van der Waals surface area contributed by atoms with Gasteiger partial charge >= 0.3 is 0 Å². The van der Waals surface area contributed by atoms with Crippen LogP contribution in [0.4, 0.5) is 0 Å². The molecule has 0 saturated carbocycles.